The number of nitrogens with zero attached hydrogens (tertiary/aromatic N) is 1. The Bertz CT molecular complexity index is 409. The summed E-state index contributed by atoms with van der Waals surface area (Å²) < 4.78 is 28.2. The Morgan fingerprint density at radius 1 is 1.26 bits per heavy atom. The van der Waals surface area contributed by atoms with Crippen LogP contribution in [0.1, 0.15) is 31.9 Å². The van der Waals surface area contributed by atoms with E-state index in [4.69, 9.17) is 0 Å². The summed E-state index contributed by atoms with van der Waals surface area (Å²) in [5.41, 5.74) is 0.115. The quantitative estimate of drug-likeness (QED) is 0.764. The largest absolute Gasteiger partial charge is 0.313 e. The van der Waals surface area contributed by atoms with Crippen molar-refractivity contribution in [3.8, 4) is 0 Å². The predicted octanol–water partition coefficient (Wildman–Crippen LogP) is 3.72. The minimum Gasteiger partial charge on any atom is -0.313 e. The van der Waals surface area contributed by atoms with Crippen molar-refractivity contribution in [3.05, 3.63) is 33.8 Å². The topological polar surface area (TPSA) is 15.3 Å². The molecular formula is C14H21BrF2N2. The number of halogens is 3. The highest BCUT2D eigenvalue weighted by molar-refractivity contribution is 9.10. The van der Waals surface area contributed by atoms with Gasteiger partial charge >= 0.3 is 0 Å². The standard InChI is InChI=1S/C14H21BrF2N2/c1-4-19(5-2)9-8-12(18-3)13-11(16)7-6-10(15)14(13)17/h6-7,12,18H,4-5,8-9H2,1-3H3. The molecule has 0 spiro atoms. The zero-order chi connectivity index (χ0) is 14.4. The molecule has 0 amide bonds. The van der Waals surface area contributed by atoms with Crippen LogP contribution in [0.15, 0.2) is 16.6 Å². The molecule has 1 aromatic rings. The zero-order valence-corrected chi connectivity index (χ0v) is 13.2. The second kappa shape index (κ2) is 7.92. The maximum absolute atomic E-state index is 14.0. The molecule has 0 fully saturated rings. The number of benzene rings is 1. The monoisotopic (exact) mass is 334 g/mol. The van der Waals surface area contributed by atoms with Gasteiger partial charge in [0.15, 0.2) is 0 Å². The van der Waals surface area contributed by atoms with Gasteiger partial charge in [-0.3, -0.25) is 0 Å². The fourth-order valence-corrected chi connectivity index (χ4v) is 2.49. The van der Waals surface area contributed by atoms with Gasteiger partial charge in [-0.1, -0.05) is 13.8 Å². The molecule has 1 rings (SSSR count). The number of hydrogen-bond acceptors (Lipinski definition) is 2. The van der Waals surface area contributed by atoms with Gasteiger partial charge in [-0.05, 0) is 61.2 Å². The summed E-state index contributed by atoms with van der Waals surface area (Å²) in [5, 5.41) is 3.00. The summed E-state index contributed by atoms with van der Waals surface area (Å²) in [7, 11) is 1.73. The van der Waals surface area contributed by atoms with E-state index in [-0.39, 0.29) is 11.6 Å². The summed E-state index contributed by atoms with van der Waals surface area (Å²) in [6.45, 7) is 6.85. The Morgan fingerprint density at radius 2 is 1.89 bits per heavy atom. The third kappa shape index (κ3) is 4.23. The molecule has 0 saturated heterocycles. The first-order valence-electron chi connectivity index (χ1n) is 6.58. The molecule has 0 saturated carbocycles. The molecule has 0 radical (unpaired) electrons. The van der Waals surface area contributed by atoms with Crippen LogP contribution in [0.2, 0.25) is 0 Å². The first-order chi connectivity index (χ1) is 9.04. The van der Waals surface area contributed by atoms with E-state index in [9.17, 15) is 8.78 Å². The van der Waals surface area contributed by atoms with E-state index < -0.39 is 11.6 Å². The fourth-order valence-electron chi connectivity index (χ4n) is 2.15. The second-order valence-electron chi connectivity index (χ2n) is 4.41. The maximum atomic E-state index is 14.0. The molecular weight excluding hydrogens is 314 g/mol. The Hall–Kier alpha value is -0.520. The molecule has 19 heavy (non-hydrogen) atoms. The summed E-state index contributed by atoms with van der Waals surface area (Å²) in [4.78, 5) is 2.23. The summed E-state index contributed by atoms with van der Waals surface area (Å²) in [6.07, 6.45) is 0.669. The normalized spacial score (nSPS) is 13.0. The van der Waals surface area contributed by atoms with Crippen molar-refractivity contribution in [3.63, 3.8) is 0 Å². The van der Waals surface area contributed by atoms with E-state index in [1.165, 1.54) is 12.1 Å². The van der Waals surface area contributed by atoms with Gasteiger partial charge in [-0.25, -0.2) is 8.78 Å². The SMILES string of the molecule is CCN(CC)CCC(NC)c1c(F)ccc(Br)c1F. The van der Waals surface area contributed by atoms with Crippen molar-refractivity contribution < 1.29 is 8.78 Å². The molecule has 108 valence electrons. The highest BCUT2D eigenvalue weighted by Crippen LogP contribution is 2.28. The predicted molar refractivity (Wildman–Crippen MR) is 78.3 cm³/mol. The lowest BCUT2D eigenvalue weighted by Crippen LogP contribution is -2.29. The van der Waals surface area contributed by atoms with Crippen molar-refractivity contribution in [2.45, 2.75) is 26.3 Å². The van der Waals surface area contributed by atoms with Crippen LogP contribution < -0.4 is 5.32 Å². The van der Waals surface area contributed by atoms with Gasteiger partial charge in [-0.15, -0.1) is 0 Å². The molecule has 1 aromatic carbocycles. The highest BCUT2D eigenvalue weighted by Gasteiger charge is 2.21. The molecule has 2 nitrogen and oxygen atoms in total. The molecule has 1 atom stereocenters. The first-order valence-corrected chi connectivity index (χ1v) is 7.37. The number of rotatable bonds is 7. The second-order valence-corrected chi connectivity index (χ2v) is 5.27. The Balaban J connectivity index is 2.88. The van der Waals surface area contributed by atoms with Crippen LogP contribution in [0.5, 0.6) is 0 Å². The third-order valence-corrected chi connectivity index (χ3v) is 4.02. The van der Waals surface area contributed by atoms with Crippen LogP contribution in [0, 0.1) is 11.6 Å². The van der Waals surface area contributed by atoms with Gasteiger partial charge in [0.25, 0.3) is 0 Å². The van der Waals surface area contributed by atoms with Crippen LogP contribution in [0.25, 0.3) is 0 Å². The van der Waals surface area contributed by atoms with Gasteiger partial charge in [-0.2, -0.15) is 0 Å². The smallest absolute Gasteiger partial charge is 0.145 e. The lowest BCUT2D eigenvalue weighted by Gasteiger charge is -2.23. The van der Waals surface area contributed by atoms with Gasteiger partial charge in [0, 0.05) is 11.6 Å². The van der Waals surface area contributed by atoms with Crippen LogP contribution in [-0.4, -0.2) is 31.6 Å². The van der Waals surface area contributed by atoms with E-state index in [2.05, 4.69) is 40.0 Å². The average molecular weight is 335 g/mol. The molecule has 1 unspecified atom stereocenters. The highest BCUT2D eigenvalue weighted by atomic mass is 79.9. The van der Waals surface area contributed by atoms with Crippen molar-refractivity contribution in [1.29, 1.82) is 0 Å². The molecule has 0 aliphatic rings. The summed E-state index contributed by atoms with van der Waals surface area (Å²) >= 11 is 3.11. The van der Waals surface area contributed by atoms with Crippen LogP contribution >= 0.6 is 15.9 Å². The van der Waals surface area contributed by atoms with Crippen molar-refractivity contribution >= 4 is 15.9 Å². The van der Waals surface area contributed by atoms with Gasteiger partial charge < -0.3 is 10.2 Å². The minimum absolute atomic E-state index is 0.115. The lowest BCUT2D eigenvalue weighted by molar-refractivity contribution is 0.281. The molecule has 5 heteroatoms. The summed E-state index contributed by atoms with van der Waals surface area (Å²) in [6, 6.07) is 2.37. The number of nitrogens with one attached hydrogen (secondary N) is 1. The molecule has 0 heterocycles. The molecule has 0 aliphatic heterocycles. The molecule has 0 aromatic heterocycles. The van der Waals surface area contributed by atoms with Crippen molar-refractivity contribution in [2.24, 2.45) is 0 Å². The van der Waals surface area contributed by atoms with Gasteiger partial charge in [0.1, 0.15) is 11.6 Å². The Labute approximate surface area is 122 Å². The van der Waals surface area contributed by atoms with E-state index in [0.29, 0.717) is 10.9 Å². The van der Waals surface area contributed by atoms with Crippen LogP contribution in [0.3, 0.4) is 0 Å². The lowest BCUT2D eigenvalue weighted by atomic mass is 10.0. The van der Waals surface area contributed by atoms with Crippen molar-refractivity contribution in [2.75, 3.05) is 26.7 Å². The zero-order valence-electron chi connectivity index (χ0n) is 11.6. The van der Waals surface area contributed by atoms with E-state index >= 15 is 0 Å². The molecule has 0 aliphatic carbocycles. The van der Waals surface area contributed by atoms with Crippen LogP contribution in [0.4, 0.5) is 8.78 Å². The Morgan fingerprint density at radius 3 is 2.42 bits per heavy atom. The van der Waals surface area contributed by atoms with E-state index in [1.54, 1.807) is 7.05 Å². The minimum atomic E-state index is -0.515. The van der Waals surface area contributed by atoms with E-state index in [0.717, 1.165) is 19.6 Å². The fraction of sp³-hybridized carbons (Fsp3) is 0.571. The van der Waals surface area contributed by atoms with Crippen molar-refractivity contribution in [1.82, 2.24) is 10.2 Å². The average Bonchev–Trinajstić information content (AvgIpc) is 2.42. The maximum Gasteiger partial charge on any atom is 0.145 e. The summed E-state index contributed by atoms with van der Waals surface area (Å²) in [5.74, 6) is -1.02. The molecule has 1 N–H and O–H groups in total. The molecule has 0 bridgehead atoms. The van der Waals surface area contributed by atoms with Gasteiger partial charge in [0.2, 0.25) is 0 Å². The third-order valence-electron chi connectivity index (χ3n) is 3.40. The van der Waals surface area contributed by atoms with E-state index in [1.807, 2.05) is 0 Å². The first kappa shape index (κ1) is 16.5. The van der Waals surface area contributed by atoms with Gasteiger partial charge in [0.05, 0.1) is 4.47 Å². The van der Waals surface area contributed by atoms with Crippen LogP contribution in [-0.2, 0) is 0 Å². The Kier molecular flexibility index (Phi) is 6.89. The number of hydrogen-bond donors (Lipinski definition) is 1.